The topological polar surface area (TPSA) is 56.3 Å². The highest BCUT2D eigenvalue weighted by atomic mass is 79.9. The van der Waals surface area contributed by atoms with Crippen LogP contribution < -0.4 is 14.8 Å². The zero-order valence-corrected chi connectivity index (χ0v) is 13.8. The monoisotopic (exact) mass is 365 g/mol. The fraction of sp³-hybridized carbons (Fsp3) is 0.143. The third kappa shape index (κ3) is 2.79. The number of benzene rings is 1. The number of nitrogens with one attached hydrogen (secondary N) is 1. The summed E-state index contributed by atoms with van der Waals surface area (Å²) in [6.07, 6.45) is 0. The first-order valence-corrected chi connectivity index (χ1v) is 7.78. The molecule has 7 heteroatoms. The van der Waals surface area contributed by atoms with Crippen LogP contribution in [0.25, 0.3) is 10.2 Å². The van der Waals surface area contributed by atoms with E-state index in [9.17, 15) is 0 Å². The molecule has 2 aromatic heterocycles. The second kappa shape index (κ2) is 5.87. The first-order valence-electron chi connectivity index (χ1n) is 6.11. The highest BCUT2D eigenvalue weighted by Crippen LogP contribution is 2.32. The summed E-state index contributed by atoms with van der Waals surface area (Å²) in [4.78, 5) is 8.88. The molecule has 1 aromatic carbocycles. The van der Waals surface area contributed by atoms with Crippen molar-refractivity contribution in [2.24, 2.45) is 0 Å². The highest BCUT2D eigenvalue weighted by molar-refractivity contribution is 9.10. The summed E-state index contributed by atoms with van der Waals surface area (Å²) in [6.45, 7) is 0. The second-order valence-electron chi connectivity index (χ2n) is 4.17. The Balaban J connectivity index is 1.94. The SMILES string of the molecule is COc1ccc(Nc2nc(Br)c3sccc3n2)cc1OC. The quantitative estimate of drug-likeness (QED) is 0.701. The smallest absolute Gasteiger partial charge is 0.228 e. The number of anilines is 2. The first kappa shape index (κ1) is 14.1. The standard InChI is InChI=1S/C14H12BrN3O2S/c1-19-10-4-3-8(7-11(10)20-2)16-14-17-9-5-6-21-12(9)13(15)18-14/h3-7H,1-2H3,(H,16,17,18). The normalized spacial score (nSPS) is 10.6. The van der Waals surface area contributed by atoms with Gasteiger partial charge in [0.1, 0.15) is 4.60 Å². The first-order chi connectivity index (χ1) is 10.2. The van der Waals surface area contributed by atoms with Gasteiger partial charge < -0.3 is 14.8 Å². The molecule has 0 aliphatic heterocycles. The van der Waals surface area contributed by atoms with E-state index in [1.54, 1.807) is 25.6 Å². The number of ether oxygens (including phenoxy) is 2. The summed E-state index contributed by atoms with van der Waals surface area (Å²) < 4.78 is 12.3. The fourth-order valence-electron chi connectivity index (χ4n) is 1.93. The van der Waals surface area contributed by atoms with Gasteiger partial charge in [-0.25, -0.2) is 9.97 Å². The molecule has 3 rings (SSSR count). The molecule has 2 heterocycles. The van der Waals surface area contributed by atoms with Crippen molar-refractivity contribution in [2.75, 3.05) is 19.5 Å². The third-order valence-electron chi connectivity index (χ3n) is 2.90. The van der Waals surface area contributed by atoms with Crippen LogP contribution in [-0.2, 0) is 0 Å². The van der Waals surface area contributed by atoms with Gasteiger partial charge in [-0.05, 0) is 39.5 Å². The number of fused-ring (bicyclic) bond motifs is 1. The van der Waals surface area contributed by atoms with Crippen LogP contribution in [0.5, 0.6) is 11.5 Å². The lowest BCUT2D eigenvalue weighted by Gasteiger charge is -2.10. The van der Waals surface area contributed by atoms with Gasteiger partial charge in [0, 0.05) is 11.8 Å². The van der Waals surface area contributed by atoms with Crippen LogP contribution in [0.1, 0.15) is 0 Å². The van der Waals surface area contributed by atoms with Crippen LogP contribution in [0.15, 0.2) is 34.2 Å². The Morgan fingerprint density at radius 2 is 1.90 bits per heavy atom. The molecule has 0 radical (unpaired) electrons. The summed E-state index contributed by atoms with van der Waals surface area (Å²) in [5.41, 5.74) is 1.74. The highest BCUT2D eigenvalue weighted by Gasteiger charge is 2.09. The number of aromatic nitrogens is 2. The molecule has 0 fully saturated rings. The van der Waals surface area contributed by atoms with Crippen molar-refractivity contribution >= 4 is 49.1 Å². The van der Waals surface area contributed by atoms with E-state index in [2.05, 4.69) is 31.2 Å². The third-order valence-corrected chi connectivity index (χ3v) is 4.65. The number of hydrogen-bond acceptors (Lipinski definition) is 6. The van der Waals surface area contributed by atoms with Crippen molar-refractivity contribution in [1.29, 1.82) is 0 Å². The summed E-state index contributed by atoms with van der Waals surface area (Å²) in [5, 5.41) is 5.16. The maximum absolute atomic E-state index is 5.28. The largest absolute Gasteiger partial charge is 0.493 e. The van der Waals surface area contributed by atoms with Gasteiger partial charge in [0.05, 0.1) is 24.4 Å². The summed E-state index contributed by atoms with van der Waals surface area (Å²) in [6, 6.07) is 7.52. The molecule has 3 aromatic rings. The molecule has 21 heavy (non-hydrogen) atoms. The summed E-state index contributed by atoms with van der Waals surface area (Å²) in [5.74, 6) is 1.86. The minimum atomic E-state index is 0.528. The zero-order chi connectivity index (χ0) is 14.8. The molecule has 5 nitrogen and oxygen atoms in total. The van der Waals surface area contributed by atoms with Gasteiger partial charge in [0.15, 0.2) is 11.5 Å². The number of rotatable bonds is 4. The van der Waals surface area contributed by atoms with E-state index in [1.807, 2.05) is 29.6 Å². The van der Waals surface area contributed by atoms with Gasteiger partial charge in [-0.2, -0.15) is 0 Å². The minimum absolute atomic E-state index is 0.528. The van der Waals surface area contributed by atoms with Crippen molar-refractivity contribution in [3.05, 3.63) is 34.2 Å². The van der Waals surface area contributed by atoms with Crippen molar-refractivity contribution < 1.29 is 9.47 Å². The zero-order valence-electron chi connectivity index (χ0n) is 11.4. The van der Waals surface area contributed by atoms with E-state index in [-0.39, 0.29) is 0 Å². The summed E-state index contributed by atoms with van der Waals surface area (Å²) in [7, 11) is 3.21. The fourth-order valence-corrected chi connectivity index (χ4v) is 3.29. The van der Waals surface area contributed by atoms with Gasteiger partial charge in [0.25, 0.3) is 0 Å². The molecule has 0 amide bonds. The Hall–Kier alpha value is -1.86. The molecular weight excluding hydrogens is 354 g/mol. The maximum Gasteiger partial charge on any atom is 0.228 e. The molecule has 1 N–H and O–H groups in total. The predicted octanol–water partition coefficient (Wildman–Crippen LogP) is 4.21. The van der Waals surface area contributed by atoms with Gasteiger partial charge >= 0.3 is 0 Å². The molecule has 0 atom stereocenters. The Morgan fingerprint density at radius 3 is 2.67 bits per heavy atom. The average molecular weight is 366 g/mol. The van der Waals surface area contributed by atoms with Gasteiger partial charge in [-0.3, -0.25) is 0 Å². The molecule has 0 saturated heterocycles. The van der Waals surface area contributed by atoms with E-state index in [1.165, 1.54) is 0 Å². The number of halogens is 1. The number of nitrogens with zero attached hydrogens (tertiary/aromatic N) is 2. The second-order valence-corrected chi connectivity index (χ2v) is 5.84. The van der Waals surface area contributed by atoms with Crippen LogP contribution in [0.2, 0.25) is 0 Å². The molecule has 108 valence electrons. The van der Waals surface area contributed by atoms with Crippen LogP contribution in [0, 0.1) is 0 Å². The molecule has 0 spiro atoms. The number of hydrogen-bond donors (Lipinski definition) is 1. The lowest BCUT2D eigenvalue weighted by atomic mass is 10.3. The van der Waals surface area contributed by atoms with Crippen LogP contribution in [0.4, 0.5) is 11.6 Å². The van der Waals surface area contributed by atoms with Crippen molar-refractivity contribution in [3.8, 4) is 11.5 Å². The molecule has 0 saturated carbocycles. The number of thiophene rings is 1. The Morgan fingerprint density at radius 1 is 1.10 bits per heavy atom. The Kier molecular flexibility index (Phi) is 3.94. The predicted molar refractivity (Wildman–Crippen MR) is 87.9 cm³/mol. The molecule has 0 aliphatic carbocycles. The number of methoxy groups -OCH3 is 2. The minimum Gasteiger partial charge on any atom is -0.493 e. The Bertz CT molecular complexity index is 791. The Labute approximate surface area is 134 Å². The molecule has 0 aliphatic rings. The van der Waals surface area contributed by atoms with E-state index in [0.717, 1.165) is 20.5 Å². The van der Waals surface area contributed by atoms with Gasteiger partial charge in [-0.15, -0.1) is 11.3 Å². The van der Waals surface area contributed by atoms with Crippen molar-refractivity contribution in [1.82, 2.24) is 9.97 Å². The van der Waals surface area contributed by atoms with Crippen molar-refractivity contribution in [3.63, 3.8) is 0 Å². The van der Waals surface area contributed by atoms with E-state index in [0.29, 0.717) is 17.4 Å². The van der Waals surface area contributed by atoms with Gasteiger partial charge in [-0.1, -0.05) is 0 Å². The van der Waals surface area contributed by atoms with Crippen LogP contribution in [-0.4, -0.2) is 24.2 Å². The molecular formula is C14H12BrN3O2S. The maximum atomic E-state index is 5.28. The summed E-state index contributed by atoms with van der Waals surface area (Å²) >= 11 is 5.07. The van der Waals surface area contributed by atoms with E-state index in [4.69, 9.17) is 9.47 Å². The van der Waals surface area contributed by atoms with Crippen LogP contribution >= 0.6 is 27.3 Å². The van der Waals surface area contributed by atoms with Crippen LogP contribution in [0.3, 0.4) is 0 Å². The van der Waals surface area contributed by atoms with E-state index < -0.39 is 0 Å². The van der Waals surface area contributed by atoms with Gasteiger partial charge in [0.2, 0.25) is 5.95 Å². The molecule has 0 bridgehead atoms. The molecule has 0 unspecified atom stereocenters. The van der Waals surface area contributed by atoms with Crippen molar-refractivity contribution in [2.45, 2.75) is 0 Å². The van der Waals surface area contributed by atoms with E-state index >= 15 is 0 Å². The lowest BCUT2D eigenvalue weighted by Crippen LogP contribution is -1.98. The lowest BCUT2D eigenvalue weighted by molar-refractivity contribution is 0.355. The average Bonchev–Trinajstić information content (AvgIpc) is 2.96.